The number of ether oxygens (including phenoxy) is 1. The van der Waals surface area contributed by atoms with Gasteiger partial charge >= 0.3 is 0 Å². The number of hydrogen-bond acceptors (Lipinski definition) is 5. The summed E-state index contributed by atoms with van der Waals surface area (Å²) in [4.78, 5) is 15.3. The summed E-state index contributed by atoms with van der Waals surface area (Å²) in [5.74, 6) is -1.28. The number of aromatic nitrogens is 1. The van der Waals surface area contributed by atoms with Gasteiger partial charge < -0.3 is 4.74 Å². The molecule has 2 heterocycles. The van der Waals surface area contributed by atoms with Gasteiger partial charge in [-0.3, -0.25) is 9.78 Å². The Kier molecular flexibility index (Phi) is 4.18. The molecule has 6 nitrogen and oxygen atoms in total. The number of carbonyl (C=O) groups is 1. The van der Waals surface area contributed by atoms with Crippen molar-refractivity contribution < 1.29 is 22.3 Å². The van der Waals surface area contributed by atoms with Crippen molar-refractivity contribution in [2.24, 2.45) is 0 Å². The van der Waals surface area contributed by atoms with Crippen LogP contribution in [0.1, 0.15) is 22.8 Å². The Hall–Kier alpha value is -2.19. The summed E-state index contributed by atoms with van der Waals surface area (Å²) in [5, 5.41) is 0.150. The minimum absolute atomic E-state index is 0.108. The van der Waals surface area contributed by atoms with Crippen molar-refractivity contribution >= 4 is 27.5 Å². The van der Waals surface area contributed by atoms with Crippen molar-refractivity contribution in [3.8, 4) is 5.75 Å². The lowest BCUT2D eigenvalue weighted by Crippen LogP contribution is -2.30. The van der Waals surface area contributed by atoms with E-state index in [9.17, 15) is 17.6 Å². The number of rotatable bonds is 3. The van der Waals surface area contributed by atoms with E-state index in [-0.39, 0.29) is 21.6 Å². The fourth-order valence-corrected chi connectivity index (χ4v) is 3.79. The molecule has 1 aromatic carbocycles. The third-order valence-electron chi connectivity index (χ3n) is 3.42. The molecule has 3 rings (SSSR count). The van der Waals surface area contributed by atoms with Gasteiger partial charge in [-0.15, -0.1) is 0 Å². The summed E-state index contributed by atoms with van der Waals surface area (Å²) >= 11 is 6.06. The van der Waals surface area contributed by atoms with Gasteiger partial charge in [0.1, 0.15) is 17.7 Å². The number of carbonyl (C=O) groups excluding carboxylic acids is 1. The van der Waals surface area contributed by atoms with Crippen LogP contribution in [0.25, 0.3) is 0 Å². The molecule has 0 aliphatic carbocycles. The number of benzene rings is 1. The molecule has 0 bridgehead atoms. The minimum atomic E-state index is -4.17. The van der Waals surface area contributed by atoms with E-state index in [4.69, 9.17) is 16.3 Å². The highest BCUT2D eigenvalue weighted by atomic mass is 35.5. The number of halogens is 2. The number of amides is 1. The molecule has 0 unspecified atom stereocenters. The number of nitrogens with one attached hydrogen (secondary N) is 1. The molecule has 0 radical (unpaired) electrons. The maximum Gasteiger partial charge on any atom is 0.266 e. The fourth-order valence-electron chi connectivity index (χ4n) is 2.39. The van der Waals surface area contributed by atoms with Crippen LogP contribution in [0.2, 0.25) is 5.02 Å². The highest BCUT2D eigenvalue weighted by Crippen LogP contribution is 2.37. The first-order valence-electron chi connectivity index (χ1n) is 6.93. The van der Waals surface area contributed by atoms with Crippen molar-refractivity contribution in [1.29, 1.82) is 0 Å². The van der Waals surface area contributed by atoms with Crippen LogP contribution in [0, 0.1) is 5.82 Å². The van der Waals surface area contributed by atoms with Gasteiger partial charge in [0.2, 0.25) is 0 Å². The number of hydrogen-bond donors (Lipinski definition) is 1. The van der Waals surface area contributed by atoms with Crippen LogP contribution >= 0.6 is 11.6 Å². The molecule has 2 aromatic rings. The lowest BCUT2D eigenvalue weighted by Gasteiger charge is -2.09. The molecule has 24 heavy (non-hydrogen) atoms. The van der Waals surface area contributed by atoms with Crippen LogP contribution in [0.5, 0.6) is 5.75 Å². The average molecular weight is 371 g/mol. The third-order valence-corrected chi connectivity index (χ3v) is 5.02. The Morgan fingerprint density at radius 2 is 2.12 bits per heavy atom. The normalized spacial score (nSPS) is 16.4. The molecule has 1 aliphatic rings. The van der Waals surface area contributed by atoms with Gasteiger partial charge in [0.25, 0.3) is 15.9 Å². The average Bonchev–Trinajstić information content (AvgIpc) is 2.88. The molecule has 0 spiro atoms. The van der Waals surface area contributed by atoms with E-state index in [1.807, 2.05) is 11.6 Å². The molecule has 1 amide bonds. The molecule has 1 N–H and O–H groups in total. The zero-order valence-corrected chi connectivity index (χ0v) is 14.0. The second-order valence-electron chi connectivity index (χ2n) is 5.35. The quantitative estimate of drug-likeness (QED) is 0.896. The molecule has 1 aliphatic heterocycles. The molecule has 0 saturated heterocycles. The van der Waals surface area contributed by atoms with E-state index in [1.54, 1.807) is 0 Å². The second-order valence-corrected chi connectivity index (χ2v) is 7.44. The molecule has 9 heteroatoms. The zero-order valence-electron chi connectivity index (χ0n) is 12.4. The van der Waals surface area contributed by atoms with Gasteiger partial charge in [0, 0.05) is 18.2 Å². The maximum absolute atomic E-state index is 13.1. The lowest BCUT2D eigenvalue weighted by molar-refractivity contribution is 0.0980. The van der Waals surface area contributed by atoms with Crippen molar-refractivity contribution in [3.63, 3.8) is 0 Å². The minimum Gasteiger partial charge on any atom is -0.489 e. The molecule has 0 saturated carbocycles. The summed E-state index contributed by atoms with van der Waals surface area (Å²) in [7, 11) is -4.17. The Bertz CT molecular complexity index is 933. The Morgan fingerprint density at radius 1 is 1.38 bits per heavy atom. The first-order chi connectivity index (χ1) is 11.3. The van der Waals surface area contributed by atoms with Crippen LogP contribution in [0.4, 0.5) is 4.39 Å². The predicted molar refractivity (Wildman–Crippen MR) is 84.1 cm³/mol. The lowest BCUT2D eigenvalue weighted by atomic mass is 10.1. The zero-order chi connectivity index (χ0) is 17.5. The molecule has 126 valence electrons. The number of sulfonamides is 1. The Morgan fingerprint density at radius 3 is 2.83 bits per heavy atom. The summed E-state index contributed by atoms with van der Waals surface area (Å²) in [5.41, 5.74) is 0.443. The summed E-state index contributed by atoms with van der Waals surface area (Å²) in [6, 6.07) is 3.51. The van der Waals surface area contributed by atoms with Gasteiger partial charge in [0.15, 0.2) is 0 Å². The predicted octanol–water partition coefficient (Wildman–Crippen LogP) is 2.32. The Labute approximate surface area is 142 Å². The highest BCUT2D eigenvalue weighted by Gasteiger charge is 2.27. The van der Waals surface area contributed by atoms with E-state index in [2.05, 4.69) is 4.98 Å². The standard InChI is InChI=1S/C15H12ClFN2O4S/c1-8-2-9-4-12(5-13(16)14(9)23-8)24(21,22)19-15(20)10-3-11(17)7-18-6-10/h3-8H,2H2,1H3,(H,19,20)/t8-/m0/s1. The summed E-state index contributed by atoms with van der Waals surface area (Å²) in [6.07, 6.45) is 2.38. The van der Waals surface area contributed by atoms with Crippen molar-refractivity contribution in [2.45, 2.75) is 24.3 Å². The Balaban J connectivity index is 1.90. The summed E-state index contributed by atoms with van der Waals surface area (Å²) in [6.45, 7) is 1.84. The largest absolute Gasteiger partial charge is 0.489 e. The maximum atomic E-state index is 13.1. The smallest absolute Gasteiger partial charge is 0.266 e. The number of nitrogens with zero attached hydrogens (tertiary/aromatic N) is 1. The molecular weight excluding hydrogens is 359 g/mol. The first-order valence-corrected chi connectivity index (χ1v) is 8.79. The highest BCUT2D eigenvalue weighted by molar-refractivity contribution is 7.90. The topological polar surface area (TPSA) is 85.4 Å². The van der Waals surface area contributed by atoms with Gasteiger partial charge in [0.05, 0.1) is 21.7 Å². The third kappa shape index (κ3) is 3.20. The van der Waals surface area contributed by atoms with E-state index in [0.717, 1.165) is 18.5 Å². The van der Waals surface area contributed by atoms with Gasteiger partial charge in [-0.25, -0.2) is 17.5 Å². The number of pyridine rings is 1. The second kappa shape index (κ2) is 6.03. The fraction of sp³-hybridized carbons (Fsp3) is 0.200. The summed E-state index contributed by atoms with van der Waals surface area (Å²) < 4.78 is 45.3. The van der Waals surface area contributed by atoms with E-state index in [0.29, 0.717) is 17.7 Å². The van der Waals surface area contributed by atoms with Crippen LogP contribution < -0.4 is 9.46 Å². The van der Waals surface area contributed by atoms with Crippen LogP contribution in [-0.4, -0.2) is 25.4 Å². The van der Waals surface area contributed by atoms with Crippen molar-refractivity contribution in [1.82, 2.24) is 9.71 Å². The van der Waals surface area contributed by atoms with E-state index in [1.165, 1.54) is 12.1 Å². The van der Waals surface area contributed by atoms with Crippen molar-refractivity contribution in [2.75, 3.05) is 0 Å². The van der Waals surface area contributed by atoms with Crippen LogP contribution in [0.15, 0.2) is 35.5 Å². The van der Waals surface area contributed by atoms with E-state index < -0.39 is 21.7 Å². The van der Waals surface area contributed by atoms with Crippen LogP contribution in [0.3, 0.4) is 0 Å². The molecule has 1 atom stereocenters. The van der Waals surface area contributed by atoms with Gasteiger partial charge in [-0.05, 0) is 25.1 Å². The molecular formula is C15H12ClFN2O4S. The van der Waals surface area contributed by atoms with E-state index >= 15 is 0 Å². The monoisotopic (exact) mass is 370 g/mol. The first kappa shape index (κ1) is 16.7. The van der Waals surface area contributed by atoms with Gasteiger partial charge in [-0.2, -0.15) is 0 Å². The SMILES string of the molecule is C[C@H]1Cc2cc(S(=O)(=O)NC(=O)c3cncc(F)c3)cc(Cl)c2O1. The molecule has 1 aromatic heterocycles. The number of fused-ring (bicyclic) bond motifs is 1. The van der Waals surface area contributed by atoms with Crippen LogP contribution in [-0.2, 0) is 16.4 Å². The van der Waals surface area contributed by atoms with Gasteiger partial charge in [-0.1, -0.05) is 11.6 Å². The molecule has 0 fully saturated rings. The van der Waals surface area contributed by atoms with Crippen molar-refractivity contribution in [3.05, 3.63) is 52.6 Å².